The molecule has 1 saturated carbocycles. The van der Waals surface area contributed by atoms with Crippen molar-refractivity contribution in [3.05, 3.63) is 22.8 Å². The van der Waals surface area contributed by atoms with Crippen molar-refractivity contribution >= 4 is 0 Å². The van der Waals surface area contributed by atoms with Gasteiger partial charge in [-0.1, -0.05) is 81.9 Å². The molecule has 2 aliphatic rings. The lowest BCUT2D eigenvalue weighted by Gasteiger charge is -2.06. The zero-order valence-corrected chi connectivity index (χ0v) is 13.0. The lowest BCUT2D eigenvalue weighted by atomic mass is 9.99. The predicted octanol–water partition coefficient (Wildman–Crippen LogP) is 6.72. The van der Waals surface area contributed by atoms with Gasteiger partial charge in [0, 0.05) is 0 Å². The van der Waals surface area contributed by atoms with Crippen molar-refractivity contribution in [2.24, 2.45) is 0 Å². The maximum absolute atomic E-state index is 2.51. The molecule has 2 aliphatic carbocycles. The fourth-order valence-electron chi connectivity index (χ4n) is 3.56. The molecule has 0 atom stereocenters. The van der Waals surface area contributed by atoms with E-state index in [9.17, 15) is 0 Å². The summed E-state index contributed by atoms with van der Waals surface area (Å²) in [6.07, 6.45) is 22.5. The van der Waals surface area contributed by atoms with Gasteiger partial charge in [-0.25, -0.2) is 0 Å². The number of rotatable bonds is 11. The lowest BCUT2D eigenvalue weighted by Crippen LogP contribution is -1.87. The van der Waals surface area contributed by atoms with Crippen molar-refractivity contribution in [1.82, 2.24) is 0 Å². The van der Waals surface area contributed by atoms with E-state index in [-0.39, 0.29) is 0 Å². The van der Waals surface area contributed by atoms with Crippen LogP contribution in [0.5, 0.6) is 0 Å². The van der Waals surface area contributed by atoms with E-state index in [0.29, 0.717) is 0 Å². The second-order valence-electron chi connectivity index (χ2n) is 6.54. The Kier molecular flexibility index (Phi) is 6.74. The van der Waals surface area contributed by atoms with Crippen LogP contribution in [0, 0.1) is 0 Å². The van der Waals surface area contributed by atoms with Crippen molar-refractivity contribution in [2.45, 2.75) is 96.8 Å². The minimum atomic E-state index is 1.34. The van der Waals surface area contributed by atoms with Crippen molar-refractivity contribution in [1.29, 1.82) is 0 Å². The molecule has 0 heterocycles. The molecule has 0 nitrogen and oxygen atoms in total. The SMILES string of the molecule is CCCCCCCCCCCCC1=C2CCC(=C1)C2. The van der Waals surface area contributed by atoms with Crippen LogP contribution in [0.3, 0.4) is 0 Å². The minimum absolute atomic E-state index is 1.34. The van der Waals surface area contributed by atoms with Gasteiger partial charge in [-0.2, -0.15) is 0 Å². The highest BCUT2D eigenvalue weighted by molar-refractivity contribution is 5.43. The van der Waals surface area contributed by atoms with E-state index in [1.807, 2.05) is 0 Å². The molecule has 0 aromatic heterocycles. The molecule has 0 heteroatoms. The van der Waals surface area contributed by atoms with Crippen LogP contribution in [-0.2, 0) is 0 Å². The number of allylic oxidation sites excluding steroid dienone is 4. The fourth-order valence-corrected chi connectivity index (χ4v) is 3.56. The zero-order chi connectivity index (χ0) is 13.3. The molecular formula is C19H32. The molecule has 0 aromatic carbocycles. The third-order valence-corrected chi connectivity index (χ3v) is 4.82. The van der Waals surface area contributed by atoms with Gasteiger partial charge in [-0.15, -0.1) is 0 Å². The molecular weight excluding hydrogens is 228 g/mol. The van der Waals surface area contributed by atoms with Crippen LogP contribution < -0.4 is 0 Å². The van der Waals surface area contributed by atoms with Crippen LogP contribution in [0.1, 0.15) is 96.8 Å². The Hall–Kier alpha value is -0.520. The number of hydrogen-bond acceptors (Lipinski definition) is 0. The van der Waals surface area contributed by atoms with Crippen LogP contribution in [0.15, 0.2) is 22.8 Å². The van der Waals surface area contributed by atoms with E-state index in [0.717, 1.165) is 0 Å². The first-order chi connectivity index (χ1) is 9.40. The summed E-state index contributed by atoms with van der Waals surface area (Å²) in [6.45, 7) is 2.29. The predicted molar refractivity (Wildman–Crippen MR) is 85.4 cm³/mol. The first-order valence-electron chi connectivity index (χ1n) is 8.80. The minimum Gasteiger partial charge on any atom is -0.0656 e. The van der Waals surface area contributed by atoms with Crippen LogP contribution in [-0.4, -0.2) is 0 Å². The highest BCUT2D eigenvalue weighted by Gasteiger charge is 2.21. The summed E-state index contributed by atoms with van der Waals surface area (Å²) in [7, 11) is 0. The Morgan fingerprint density at radius 2 is 1.42 bits per heavy atom. The summed E-state index contributed by atoms with van der Waals surface area (Å²) in [5, 5.41) is 0. The van der Waals surface area contributed by atoms with E-state index in [1.54, 1.807) is 16.7 Å². The summed E-state index contributed by atoms with van der Waals surface area (Å²) < 4.78 is 0. The van der Waals surface area contributed by atoms with Crippen molar-refractivity contribution in [3.63, 3.8) is 0 Å². The quantitative estimate of drug-likeness (QED) is 0.362. The molecule has 0 aliphatic heterocycles. The molecule has 0 aromatic rings. The van der Waals surface area contributed by atoms with E-state index >= 15 is 0 Å². The molecule has 0 unspecified atom stereocenters. The van der Waals surface area contributed by atoms with Gasteiger partial charge in [0.1, 0.15) is 0 Å². The van der Waals surface area contributed by atoms with Crippen molar-refractivity contribution in [2.75, 3.05) is 0 Å². The topological polar surface area (TPSA) is 0 Å². The summed E-state index contributed by atoms with van der Waals surface area (Å²) >= 11 is 0. The normalized spacial score (nSPS) is 17.4. The Morgan fingerprint density at radius 1 is 0.789 bits per heavy atom. The first-order valence-corrected chi connectivity index (χ1v) is 8.80. The van der Waals surface area contributed by atoms with E-state index in [2.05, 4.69) is 13.0 Å². The van der Waals surface area contributed by atoms with Crippen LogP contribution in [0.4, 0.5) is 0 Å². The monoisotopic (exact) mass is 260 g/mol. The van der Waals surface area contributed by atoms with Gasteiger partial charge in [0.25, 0.3) is 0 Å². The summed E-state index contributed by atoms with van der Waals surface area (Å²) in [5.41, 5.74) is 5.23. The summed E-state index contributed by atoms with van der Waals surface area (Å²) in [5.74, 6) is 0. The van der Waals surface area contributed by atoms with Gasteiger partial charge in [-0.3, -0.25) is 0 Å². The van der Waals surface area contributed by atoms with E-state index in [1.165, 1.54) is 89.9 Å². The average Bonchev–Trinajstić information content (AvgIpc) is 3.03. The fraction of sp³-hybridized carbons (Fsp3) is 0.789. The molecule has 108 valence electrons. The van der Waals surface area contributed by atoms with E-state index in [4.69, 9.17) is 0 Å². The maximum Gasteiger partial charge on any atom is -0.00992 e. The molecule has 0 N–H and O–H groups in total. The van der Waals surface area contributed by atoms with Gasteiger partial charge >= 0.3 is 0 Å². The number of fused-ring (bicyclic) bond motifs is 2. The molecule has 0 saturated heterocycles. The number of hydrogen-bond donors (Lipinski definition) is 0. The van der Waals surface area contributed by atoms with Crippen molar-refractivity contribution in [3.8, 4) is 0 Å². The molecule has 0 amide bonds. The highest BCUT2D eigenvalue weighted by Crippen LogP contribution is 2.40. The summed E-state index contributed by atoms with van der Waals surface area (Å²) in [4.78, 5) is 0. The van der Waals surface area contributed by atoms with Gasteiger partial charge in [0.15, 0.2) is 0 Å². The molecule has 1 fully saturated rings. The standard InChI is InChI=1S/C19H32/c1-2-3-4-5-6-7-8-9-10-11-12-18-15-17-13-14-19(18)16-17/h15H,2-14,16H2,1H3. The molecule has 0 spiro atoms. The average molecular weight is 260 g/mol. The smallest absolute Gasteiger partial charge is 0.00992 e. The summed E-state index contributed by atoms with van der Waals surface area (Å²) in [6, 6.07) is 0. The molecule has 2 bridgehead atoms. The Bertz CT molecular complexity index is 319. The maximum atomic E-state index is 2.51. The van der Waals surface area contributed by atoms with Crippen LogP contribution >= 0.6 is 0 Å². The Balaban J connectivity index is 1.38. The Morgan fingerprint density at radius 3 is 1.95 bits per heavy atom. The Labute approximate surface area is 120 Å². The van der Waals surface area contributed by atoms with Crippen molar-refractivity contribution < 1.29 is 0 Å². The lowest BCUT2D eigenvalue weighted by molar-refractivity contribution is 0.556. The third kappa shape index (κ3) is 5.16. The van der Waals surface area contributed by atoms with Gasteiger partial charge in [0.2, 0.25) is 0 Å². The molecule has 19 heavy (non-hydrogen) atoms. The van der Waals surface area contributed by atoms with Crippen LogP contribution in [0.25, 0.3) is 0 Å². The molecule has 2 rings (SSSR count). The first kappa shape index (κ1) is 14.9. The van der Waals surface area contributed by atoms with Crippen LogP contribution in [0.2, 0.25) is 0 Å². The largest absolute Gasteiger partial charge is 0.0656 e. The third-order valence-electron chi connectivity index (χ3n) is 4.82. The van der Waals surface area contributed by atoms with Gasteiger partial charge in [-0.05, 0) is 37.7 Å². The second-order valence-corrected chi connectivity index (χ2v) is 6.54. The number of unbranched alkanes of at least 4 members (excludes halogenated alkanes) is 9. The van der Waals surface area contributed by atoms with Gasteiger partial charge < -0.3 is 0 Å². The van der Waals surface area contributed by atoms with E-state index < -0.39 is 0 Å². The zero-order valence-electron chi connectivity index (χ0n) is 13.0. The second kappa shape index (κ2) is 8.61. The highest BCUT2D eigenvalue weighted by atomic mass is 14.3. The van der Waals surface area contributed by atoms with Gasteiger partial charge in [0.05, 0.1) is 0 Å². The molecule has 0 radical (unpaired) electrons.